The summed E-state index contributed by atoms with van der Waals surface area (Å²) < 4.78 is 6.21. The van der Waals surface area contributed by atoms with E-state index in [1.165, 1.54) is 19.3 Å². The number of hydrogen-bond donors (Lipinski definition) is 1. The average molecular weight is 299 g/mol. The smallest absolute Gasteiger partial charge is 0.0760 e. The second kappa shape index (κ2) is 7.43. The van der Waals surface area contributed by atoms with Gasteiger partial charge in [-0.05, 0) is 52.5 Å². The molecule has 0 spiro atoms. The molecule has 1 atom stereocenters. The summed E-state index contributed by atoms with van der Waals surface area (Å²) in [6.45, 7) is 21.3. The summed E-state index contributed by atoms with van der Waals surface area (Å²) in [4.78, 5) is 2.62. The van der Waals surface area contributed by atoms with Crippen molar-refractivity contribution >= 4 is 0 Å². The molecule has 1 rings (SSSR count). The first-order valence-electron chi connectivity index (χ1n) is 8.75. The standard InChI is InChI=1S/C18H38N2O/c1-8-10-18(7,12-19-11-9-2)15-20-13-16(3,4)21-17(5,6)14-20/h19H,8-15H2,1-7H3. The molecule has 0 aliphatic carbocycles. The van der Waals surface area contributed by atoms with Gasteiger partial charge in [-0.15, -0.1) is 0 Å². The summed E-state index contributed by atoms with van der Waals surface area (Å²) in [5, 5.41) is 3.63. The van der Waals surface area contributed by atoms with Crippen molar-refractivity contribution in [1.82, 2.24) is 10.2 Å². The van der Waals surface area contributed by atoms with Crippen LogP contribution in [0.4, 0.5) is 0 Å². The van der Waals surface area contributed by atoms with Crippen LogP contribution in [0.3, 0.4) is 0 Å². The van der Waals surface area contributed by atoms with Gasteiger partial charge in [0.25, 0.3) is 0 Å². The van der Waals surface area contributed by atoms with E-state index in [0.717, 1.165) is 32.7 Å². The summed E-state index contributed by atoms with van der Waals surface area (Å²) in [7, 11) is 0. The van der Waals surface area contributed by atoms with Crippen LogP contribution in [0.25, 0.3) is 0 Å². The molecule has 1 saturated heterocycles. The minimum Gasteiger partial charge on any atom is -0.367 e. The van der Waals surface area contributed by atoms with Crippen LogP contribution in [-0.4, -0.2) is 48.8 Å². The molecule has 1 aliphatic rings. The Balaban J connectivity index is 2.68. The Bertz CT molecular complexity index is 298. The van der Waals surface area contributed by atoms with Crippen LogP contribution >= 0.6 is 0 Å². The molecule has 1 unspecified atom stereocenters. The van der Waals surface area contributed by atoms with E-state index in [-0.39, 0.29) is 11.2 Å². The molecule has 1 aliphatic heterocycles. The molecule has 1 fully saturated rings. The van der Waals surface area contributed by atoms with Crippen molar-refractivity contribution in [3.8, 4) is 0 Å². The molecular formula is C18H38N2O. The molecule has 0 amide bonds. The minimum absolute atomic E-state index is 0.0499. The largest absolute Gasteiger partial charge is 0.367 e. The topological polar surface area (TPSA) is 24.5 Å². The zero-order chi connectivity index (χ0) is 16.1. The van der Waals surface area contributed by atoms with Gasteiger partial charge in [0.2, 0.25) is 0 Å². The number of ether oxygens (including phenoxy) is 1. The molecule has 0 aromatic heterocycles. The maximum atomic E-state index is 6.21. The van der Waals surface area contributed by atoms with Gasteiger partial charge < -0.3 is 10.1 Å². The van der Waals surface area contributed by atoms with E-state index >= 15 is 0 Å². The lowest BCUT2D eigenvalue weighted by Crippen LogP contribution is -2.59. The fourth-order valence-corrected chi connectivity index (χ4v) is 3.99. The van der Waals surface area contributed by atoms with Crippen LogP contribution in [-0.2, 0) is 4.74 Å². The van der Waals surface area contributed by atoms with Crippen molar-refractivity contribution in [2.75, 3.05) is 32.7 Å². The van der Waals surface area contributed by atoms with Crippen molar-refractivity contribution in [1.29, 1.82) is 0 Å². The summed E-state index contributed by atoms with van der Waals surface area (Å²) >= 11 is 0. The molecule has 0 aromatic carbocycles. The van der Waals surface area contributed by atoms with Crippen LogP contribution in [0, 0.1) is 5.41 Å². The third kappa shape index (κ3) is 6.66. The highest BCUT2D eigenvalue weighted by atomic mass is 16.5. The normalized spacial score (nSPS) is 24.7. The van der Waals surface area contributed by atoms with E-state index in [4.69, 9.17) is 4.74 Å². The molecule has 1 N–H and O–H groups in total. The first-order valence-corrected chi connectivity index (χ1v) is 8.75. The van der Waals surface area contributed by atoms with Gasteiger partial charge in [-0.25, -0.2) is 0 Å². The monoisotopic (exact) mass is 298 g/mol. The zero-order valence-electron chi connectivity index (χ0n) is 15.5. The molecule has 0 saturated carbocycles. The maximum Gasteiger partial charge on any atom is 0.0760 e. The molecule has 3 heteroatoms. The molecular weight excluding hydrogens is 260 g/mol. The lowest BCUT2D eigenvalue weighted by Gasteiger charge is -2.49. The lowest BCUT2D eigenvalue weighted by atomic mass is 9.83. The summed E-state index contributed by atoms with van der Waals surface area (Å²) in [5.74, 6) is 0. The van der Waals surface area contributed by atoms with Gasteiger partial charge in [0.05, 0.1) is 11.2 Å². The van der Waals surface area contributed by atoms with Gasteiger partial charge in [-0.1, -0.05) is 27.2 Å². The average Bonchev–Trinajstić information content (AvgIpc) is 2.24. The zero-order valence-corrected chi connectivity index (χ0v) is 15.5. The second-order valence-corrected chi connectivity index (χ2v) is 8.50. The quantitative estimate of drug-likeness (QED) is 0.692. The fourth-order valence-electron chi connectivity index (χ4n) is 3.99. The molecule has 3 nitrogen and oxygen atoms in total. The van der Waals surface area contributed by atoms with E-state index < -0.39 is 0 Å². The molecule has 126 valence electrons. The summed E-state index contributed by atoms with van der Waals surface area (Å²) in [5.41, 5.74) is 0.255. The molecule has 0 bridgehead atoms. The third-order valence-corrected chi connectivity index (χ3v) is 4.20. The Morgan fingerprint density at radius 2 is 1.62 bits per heavy atom. The SMILES string of the molecule is CCCNCC(C)(CCC)CN1CC(C)(C)OC(C)(C)C1. The molecule has 1 heterocycles. The van der Waals surface area contributed by atoms with Gasteiger partial charge >= 0.3 is 0 Å². The first kappa shape index (κ1) is 18.9. The Morgan fingerprint density at radius 3 is 2.10 bits per heavy atom. The van der Waals surface area contributed by atoms with Crippen LogP contribution in [0.2, 0.25) is 0 Å². The molecule has 0 radical (unpaired) electrons. The van der Waals surface area contributed by atoms with Crippen LogP contribution in [0.1, 0.15) is 67.7 Å². The van der Waals surface area contributed by atoms with Crippen molar-refractivity contribution in [2.24, 2.45) is 5.41 Å². The highest BCUT2D eigenvalue weighted by molar-refractivity contribution is 4.92. The van der Waals surface area contributed by atoms with Crippen LogP contribution < -0.4 is 5.32 Å². The van der Waals surface area contributed by atoms with Gasteiger partial charge in [0, 0.05) is 26.2 Å². The third-order valence-electron chi connectivity index (χ3n) is 4.20. The highest BCUT2D eigenvalue weighted by Gasteiger charge is 2.40. The Kier molecular flexibility index (Phi) is 6.70. The predicted molar refractivity (Wildman–Crippen MR) is 91.9 cm³/mol. The predicted octanol–water partition coefficient (Wildman–Crippen LogP) is 3.68. The fraction of sp³-hybridized carbons (Fsp3) is 1.00. The number of nitrogens with one attached hydrogen (secondary N) is 1. The van der Waals surface area contributed by atoms with E-state index in [9.17, 15) is 0 Å². The number of hydrogen-bond acceptors (Lipinski definition) is 3. The Morgan fingerprint density at radius 1 is 1.05 bits per heavy atom. The van der Waals surface area contributed by atoms with Crippen molar-refractivity contribution in [3.63, 3.8) is 0 Å². The second-order valence-electron chi connectivity index (χ2n) is 8.50. The number of rotatable bonds is 8. The van der Waals surface area contributed by atoms with Gasteiger partial charge in [0.15, 0.2) is 0 Å². The van der Waals surface area contributed by atoms with Crippen LogP contribution in [0.5, 0.6) is 0 Å². The summed E-state index contributed by atoms with van der Waals surface area (Å²) in [6.07, 6.45) is 3.74. The lowest BCUT2D eigenvalue weighted by molar-refractivity contribution is -0.184. The number of nitrogens with zero attached hydrogens (tertiary/aromatic N) is 1. The Hall–Kier alpha value is -0.120. The van der Waals surface area contributed by atoms with Gasteiger partial charge in [0.1, 0.15) is 0 Å². The first-order chi connectivity index (χ1) is 9.61. The van der Waals surface area contributed by atoms with E-state index in [0.29, 0.717) is 5.41 Å². The highest BCUT2D eigenvalue weighted by Crippen LogP contribution is 2.32. The van der Waals surface area contributed by atoms with Crippen LogP contribution in [0.15, 0.2) is 0 Å². The molecule has 0 aromatic rings. The van der Waals surface area contributed by atoms with E-state index in [1.54, 1.807) is 0 Å². The summed E-state index contributed by atoms with van der Waals surface area (Å²) in [6, 6.07) is 0. The van der Waals surface area contributed by atoms with Crippen molar-refractivity contribution in [2.45, 2.75) is 78.9 Å². The maximum absolute atomic E-state index is 6.21. The van der Waals surface area contributed by atoms with Crippen molar-refractivity contribution < 1.29 is 4.74 Å². The van der Waals surface area contributed by atoms with Crippen molar-refractivity contribution in [3.05, 3.63) is 0 Å². The van der Waals surface area contributed by atoms with E-state index in [2.05, 4.69) is 58.7 Å². The Labute approximate surface area is 132 Å². The number of morpholine rings is 1. The van der Waals surface area contributed by atoms with E-state index in [1.807, 2.05) is 0 Å². The minimum atomic E-state index is -0.0499. The van der Waals surface area contributed by atoms with Gasteiger partial charge in [-0.2, -0.15) is 0 Å². The van der Waals surface area contributed by atoms with Gasteiger partial charge in [-0.3, -0.25) is 4.90 Å². The molecule has 21 heavy (non-hydrogen) atoms.